The number of aromatic nitrogens is 2. The molecule has 5 heteroatoms. The number of carboxylic acid groups (broad SMARTS) is 1. The maximum absolute atomic E-state index is 11.4. The summed E-state index contributed by atoms with van der Waals surface area (Å²) in [6, 6.07) is 20.1. The summed E-state index contributed by atoms with van der Waals surface area (Å²) >= 11 is 0. The first-order valence-corrected chi connectivity index (χ1v) is 10.5. The molecule has 0 aliphatic carbocycles. The molecule has 0 saturated heterocycles. The number of benzene rings is 3. The summed E-state index contributed by atoms with van der Waals surface area (Å²) in [5.41, 5.74) is 5.42. The number of carbonyl (C=O) groups is 1. The van der Waals surface area contributed by atoms with Crippen LogP contribution in [0, 0.1) is 6.92 Å². The lowest BCUT2D eigenvalue weighted by Gasteiger charge is -2.11. The molecule has 0 unspecified atom stereocenters. The van der Waals surface area contributed by atoms with Gasteiger partial charge in [0.15, 0.2) is 0 Å². The summed E-state index contributed by atoms with van der Waals surface area (Å²) in [5, 5.41) is 15.3. The van der Waals surface area contributed by atoms with Crippen molar-refractivity contribution in [3.63, 3.8) is 0 Å². The van der Waals surface area contributed by atoms with Crippen LogP contribution in [0.25, 0.3) is 22.0 Å². The molecular weight excluding hydrogens is 386 g/mol. The van der Waals surface area contributed by atoms with Gasteiger partial charge in [0.1, 0.15) is 12.1 Å². The molecule has 1 heterocycles. The van der Waals surface area contributed by atoms with Crippen LogP contribution in [0.1, 0.15) is 34.0 Å². The van der Waals surface area contributed by atoms with Crippen molar-refractivity contribution in [3.05, 3.63) is 89.2 Å². The van der Waals surface area contributed by atoms with Crippen LogP contribution >= 0.6 is 0 Å². The zero-order valence-corrected chi connectivity index (χ0v) is 17.7. The molecule has 2 N–H and O–H groups in total. The zero-order chi connectivity index (χ0) is 21.8. The summed E-state index contributed by atoms with van der Waals surface area (Å²) in [5.74, 6) is -0.152. The van der Waals surface area contributed by atoms with E-state index < -0.39 is 5.97 Å². The van der Waals surface area contributed by atoms with E-state index in [0.29, 0.717) is 12.0 Å². The molecule has 3 aromatic carbocycles. The van der Waals surface area contributed by atoms with Gasteiger partial charge in [-0.05, 0) is 59.4 Å². The number of nitrogens with zero attached hydrogens (tertiary/aromatic N) is 2. The van der Waals surface area contributed by atoms with E-state index in [4.69, 9.17) is 0 Å². The molecule has 0 amide bonds. The fourth-order valence-electron chi connectivity index (χ4n) is 3.93. The predicted octanol–water partition coefficient (Wildman–Crippen LogP) is 5.52. The van der Waals surface area contributed by atoms with Crippen LogP contribution in [0.3, 0.4) is 0 Å². The fourth-order valence-corrected chi connectivity index (χ4v) is 3.93. The van der Waals surface area contributed by atoms with Gasteiger partial charge in [-0.2, -0.15) is 0 Å². The van der Waals surface area contributed by atoms with E-state index in [-0.39, 0.29) is 0 Å². The normalized spacial score (nSPS) is 10.9. The second-order valence-corrected chi connectivity index (χ2v) is 7.57. The predicted molar refractivity (Wildman–Crippen MR) is 125 cm³/mol. The lowest BCUT2D eigenvalue weighted by molar-refractivity contribution is 0.0695. The summed E-state index contributed by atoms with van der Waals surface area (Å²) in [6.07, 6.45) is 3.08. The van der Waals surface area contributed by atoms with E-state index in [9.17, 15) is 9.90 Å². The lowest BCUT2D eigenvalue weighted by atomic mass is 9.98. The van der Waals surface area contributed by atoms with Crippen molar-refractivity contribution in [2.75, 3.05) is 11.9 Å². The monoisotopic (exact) mass is 411 g/mol. The Hall–Kier alpha value is -3.73. The van der Waals surface area contributed by atoms with Crippen LogP contribution in [0.15, 0.2) is 67.0 Å². The maximum Gasteiger partial charge on any atom is 0.335 e. The Kier molecular flexibility index (Phi) is 5.94. The molecular formula is C26H25N3O2. The second kappa shape index (κ2) is 8.96. The summed E-state index contributed by atoms with van der Waals surface area (Å²) in [4.78, 5) is 20.1. The first kappa shape index (κ1) is 20.5. The number of aromatic carboxylic acids is 1. The molecule has 156 valence electrons. The van der Waals surface area contributed by atoms with Crippen molar-refractivity contribution >= 4 is 22.6 Å². The van der Waals surface area contributed by atoms with Crippen LogP contribution in [0.4, 0.5) is 5.82 Å². The third-order valence-electron chi connectivity index (χ3n) is 5.69. The van der Waals surface area contributed by atoms with Gasteiger partial charge in [0.2, 0.25) is 0 Å². The average molecular weight is 412 g/mol. The highest BCUT2D eigenvalue weighted by Crippen LogP contribution is 2.24. The Morgan fingerprint density at radius 2 is 1.84 bits per heavy atom. The van der Waals surface area contributed by atoms with E-state index in [1.54, 1.807) is 12.1 Å². The Bertz CT molecular complexity index is 1250. The van der Waals surface area contributed by atoms with Crippen LogP contribution < -0.4 is 5.32 Å². The van der Waals surface area contributed by atoms with Gasteiger partial charge in [-0.1, -0.05) is 49.4 Å². The lowest BCUT2D eigenvalue weighted by Crippen LogP contribution is -2.08. The Morgan fingerprint density at radius 1 is 1.00 bits per heavy atom. The van der Waals surface area contributed by atoms with Crippen molar-refractivity contribution in [1.82, 2.24) is 9.97 Å². The Morgan fingerprint density at radius 3 is 2.65 bits per heavy atom. The van der Waals surface area contributed by atoms with E-state index in [1.807, 2.05) is 19.1 Å². The maximum atomic E-state index is 11.4. The first-order valence-electron chi connectivity index (χ1n) is 10.5. The largest absolute Gasteiger partial charge is 0.478 e. The molecule has 31 heavy (non-hydrogen) atoms. The van der Waals surface area contributed by atoms with E-state index in [0.717, 1.165) is 35.6 Å². The van der Waals surface area contributed by atoms with Gasteiger partial charge in [0.25, 0.3) is 0 Å². The van der Waals surface area contributed by atoms with Crippen molar-refractivity contribution in [1.29, 1.82) is 0 Å². The van der Waals surface area contributed by atoms with E-state index in [2.05, 4.69) is 58.6 Å². The van der Waals surface area contributed by atoms with Crippen molar-refractivity contribution < 1.29 is 9.90 Å². The number of fused-ring (bicyclic) bond motifs is 1. The summed E-state index contributed by atoms with van der Waals surface area (Å²) in [6.45, 7) is 4.88. The standard InChI is InChI=1S/C26H25N3O2/c1-3-18-14-21(10-11-23(18)26(30)31)24-15-25(29-16-28-24)27-13-12-19-8-9-20-6-4-5-7-22(20)17(19)2/h4-11,14-16H,3,12-13H2,1-2H3,(H,30,31)(H,27,28,29). The van der Waals surface area contributed by atoms with Crippen LogP contribution in [-0.4, -0.2) is 27.6 Å². The van der Waals surface area contributed by atoms with Crippen molar-refractivity contribution in [2.24, 2.45) is 0 Å². The summed E-state index contributed by atoms with van der Waals surface area (Å²) < 4.78 is 0. The van der Waals surface area contributed by atoms with Gasteiger partial charge >= 0.3 is 5.97 Å². The number of hydrogen-bond acceptors (Lipinski definition) is 4. The van der Waals surface area contributed by atoms with Gasteiger partial charge in [0.05, 0.1) is 11.3 Å². The summed E-state index contributed by atoms with van der Waals surface area (Å²) in [7, 11) is 0. The molecule has 0 radical (unpaired) electrons. The number of nitrogens with one attached hydrogen (secondary N) is 1. The molecule has 0 aliphatic rings. The van der Waals surface area contributed by atoms with Crippen molar-refractivity contribution in [3.8, 4) is 11.3 Å². The molecule has 0 aliphatic heterocycles. The number of anilines is 1. The Labute approximate surface area is 181 Å². The smallest absolute Gasteiger partial charge is 0.335 e. The topological polar surface area (TPSA) is 75.1 Å². The highest BCUT2D eigenvalue weighted by Gasteiger charge is 2.11. The SMILES string of the molecule is CCc1cc(-c2cc(NCCc3ccc4ccccc4c3C)ncn2)ccc1C(=O)O. The molecule has 0 spiro atoms. The molecule has 1 aromatic heterocycles. The van der Waals surface area contributed by atoms with Crippen LogP contribution in [-0.2, 0) is 12.8 Å². The highest BCUT2D eigenvalue weighted by molar-refractivity contribution is 5.90. The zero-order valence-electron chi connectivity index (χ0n) is 17.7. The minimum atomic E-state index is -0.905. The molecule has 5 nitrogen and oxygen atoms in total. The molecule has 4 rings (SSSR count). The van der Waals surface area contributed by atoms with Gasteiger partial charge in [0, 0.05) is 18.2 Å². The third kappa shape index (κ3) is 4.40. The third-order valence-corrected chi connectivity index (χ3v) is 5.69. The highest BCUT2D eigenvalue weighted by atomic mass is 16.4. The van der Waals surface area contributed by atoms with Crippen LogP contribution in [0.2, 0.25) is 0 Å². The quantitative estimate of drug-likeness (QED) is 0.419. The number of hydrogen-bond donors (Lipinski definition) is 2. The van der Waals surface area contributed by atoms with Crippen molar-refractivity contribution in [2.45, 2.75) is 26.7 Å². The van der Waals surface area contributed by atoms with Gasteiger partial charge in [-0.15, -0.1) is 0 Å². The van der Waals surface area contributed by atoms with Gasteiger partial charge < -0.3 is 10.4 Å². The number of rotatable bonds is 7. The Balaban J connectivity index is 1.48. The molecule has 0 bridgehead atoms. The van der Waals surface area contributed by atoms with Gasteiger partial charge in [-0.25, -0.2) is 14.8 Å². The van der Waals surface area contributed by atoms with E-state index in [1.165, 1.54) is 28.2 Å². The fraction of sp³-hybridized carbons (Fsp3) is 0.192. The average Bonchev–Trinajstić information content (AvgIpc) is 2.80. The molecule has 0 atom stereocenters. The van der Waals surface area contributed by atoms with Crippen LogP contribution in [0.5, 0.6) is 0 Å². The minimum Gasteiger partial charge on any atom is -0.478 e. The van der Waals surface area contributed by atoms with E-state index >= 15 is 0 Å². The molecule has 0 fully saturated rings. The van der Waals surface area contributed by atoms with Gasteiger partial charge in [-0.3, -0.25) is 0 Å². The molecule has 0 saturated carbocycles. The second-order valence-electron chi connectivity index (χ2n) is 7.57. The molecule has 4 aromatic rings. The number of carboxylic acids is 1. The number of aryl methyl sites for hydroxylation is 2. The minimum absolute atomic E-state index is 0.337. The first-order chi connectivity index (χ1) is 15.1.